The van der Waals surface area contributed by atoms with Crippen LogP contribution < -0.4 is 10.0 Å². The summed E-state index contributed by atoms with van der Waals surface area (Å²) in [6, 6.07) is 4.11. The van der Waals surface area contributed by atoms with Crippen LogP contribution in [0.2, 0.25) is 10.0 Å². The lowest BCUT2D eigenvalue weighted by Crippen LogP contribution is -2.40. The molecule has 0 aliphatic heterocycles. The second-order valence-electron chi connectivity index (χ2n) is 8.19. The highest BCUT2D eigenvalue weighted by Gasteiger charge is 2.25. The molecule has 186 valence electrons. The standard InChI is InChI=1S/C22H23Cl2FN6O3S/c1-13-20(12-30(2)28-13)35(33,34)29-22(32)26-10-19(25)17-5-3-4-14-9-27-31(21(14)17)11-15-6-7-16(23)8-18(15)24/h6-9,12H,3-5,10-11H2,1-2H3,(H2,26,29,32). The van der Waals surface area contributed by atoms with Crippen LogP contribution in [-0.4, -0.2) is 40.6 Å². The third kappa shape index (κ3) is 5.52. The Hall–Kier alpha value is -2.89. The molecule has 0 radical (unpaired) electrons. The van der Waals surface area contributed by atoms with E-state index in [0.29, 0.717) is 34.3 Å². The van der Waals surface area contributed by atoms with Gasteiger partial charge >= 0.3 is 6.03 Å². The van der Waals surface area contributed by atoms with Crippen LogP contribution >= 0.6 is 23.2 Å². The number of amides is 2. The maximum Gasteiger partial charge on any atom is 0.329 e. The number of nitrogens with zero attached hydrogens (tertiary/aromatic N) is 4. The summed E-state index contributed by atoms with van der Waals surface area (Å²) in [6.07, 6.45) is 4.91. The van der Waals surface area contributed by atoms with E-state index in [0.717, 1.165) is 24.0 Å². The minimum atomic E-state index is -4.15. The summed E-state index contributed by atoms with van der Waals surface area (Å²) in [5, 5.41) is 11.6. The molecule has 2 heterocycles. The minimum Gasteiger partial charge on any atom is -0.331 e. The number of aryl methyl sites for hydroxylation is 3. The van der Waals surface area contributed by atoms with Crippen LogP contribution in [0.15, 0.2) is 41.3 Å². The van der Waals surface area contributed by atoms with Crippen molar-refractivity contribution in [2.75, 3.05) is 6.54 Å². The van der Waals surface area contributed by atoms with Gasteiger partial charge in [0, 0.05) is 28.9 Å². The number of rotatable bonds is 6. The molecular weight excluding hydrogens is 518 g/mol. The van der Waals surface area contributed by atoms with Crippen molar-refractivity contribution in [1.82, 2.24) is 29.6 Å². The average Bonchev–Trinajstić information content (AvgIpc) is 3.36. The fourth-order valence-corrected chi connectivity index (χ4v) is 5.66. The van der Waals surface area contributed by atoms with Gasteiger partial charge in [0.05, 0.1) is 30.7 Å². The van der Waals surface area contributed by atoms with Crippen LogP contribution in [0, 0.1) is 6.92 Å². The van der Waals surface area contributed by atoms with Gasteiger partial charge in [-0.2, -0.15) is 10.2 Å². The first-order valence-electron chi connectivity index (χ1n) is 10.7. The number of benzene rings is 1. The molecule has 0 saturated heterocycles. The Morgan fingerprint density at radius 1 is 1.26 bits per heavy atom. The number of sulfonamides is 1. The van der Waals surface area contributed by atoms with Gasteiger partial charge in [-0.1, -0.05) is 29.3 Å². The molecule has 1 aliphatic rings. The predicted molar refractivity (Wildman–Crippen MR) is 130 cm³/mol. The van der Waals surface area contributed by atoms with Crippen LogP contribution in [0.1, 0.15) is 35.4 Å². The van der Waals surface area contributed by atoms with Crippen molar-refractivity contribution < 1.29 is 17.6 Å². The molecule has 2 amide bonds. The van der Waals surface area contributed by atoms with Crippen LogP contribution in [0.4, 0.5) is 9.18 Å². The van der Waals surface area contributed by atoms with E-state index in [9.17, 15) is 13.2 Å². The minimum absolute atomic E-state index is 0.129. The van der Waals surface area contributed by atoms with E-state index < -0.39 is 28.4 Å². The summed E-state index contributed by atoms with van der Waals surface area (Å²) in [4.78, 5) is 12.1. The molecule has 2 aromatic heterocycles. The van der Waals surface area contributed by atoms with Crippen molar-refractivity contribution in [3.8, 4) is 0 Å². The number of hydrogen-bond donors (Lipinski definition) is 2. The third-order valence-electron chi connectivity index (χ3n) is 5.63. The zero-order valence-corrected chi connectivity index (χ0v) is 21.3. The Balaban J connectivity index is 1.50. The van der Waals surface area contributed by atoms with Crippen molar-refractivity contribution in [2.45, 2.75) is 37.6 Å². The van der Waals surface area contributed by atoms with Crippen molar-refractivity contribution >= 4 is 44.8 Å². The first-order valence-corrected chi connectivity index (χ1v) is 13.0. The normalized spacial score (nSPS) is 15.0. The summed E-state index contributed by atoms with van der Waals surface area (Å²) >= 11 is 12.3. The van der Waals surface area contributed by atoms with Crippen molar-refractivity contribution in [3.63, 3.8) is 0 Å². The number of urea groups is 1. The maximum absolute atomic E-state index is 15.3. The molecule has 13 heteroatoms. The van der Waals surface area contributed by atoms with Crippen molar-refractivity contribution in [3.05, 3.63) is 69.0 Å². The number of nitrogens with one attached hydrogen (secondary N) is 2. The number of allylic oxidation sites excluding steroid dienone is 1. The van der Waals surface area contributed by atoms with Crippen LogP contribution in [-0.2, 0) is 30.0 Å². The lowest BCUT2D eigenvalue weighted by Gasteiger charge is -2.19. The largest absolute Gasteiger partial charge is 0.331 e. The lowest BCUT2D eigenvalue weighted by molar-refractivity contribution is 0.246. The third-order valence-corrected chi connectivity index (χ3v) is 7.65. The Morgan fingerprint density at radius 2 is 2.03 bits per heavy atom. The summed E-state index contributed by atoms with van der Waals surface area (Å²) in [5.74, 6) is -0.569. The summed E-state index contributed by atoms with van der Waals surface area (Å²) < 4.78 is 45.1. The molecule has 0 spiro atoms. The van der Waals surface area contributed by atoms with Crippen molar-refractivity contribution in [1.29, 1.82) is 0 Å². The van der Waals surface area contributed by atoms with Gasteiger partial charge in [0.25, 0.3) is 10.0 Å². The van der Waals surface area contributed by atoms with Gasteiger partial charge in [-0.25, -0.2) is 22.3 Å². The molecule has 1 aromatic carbocycles. The summed E-state index contributed by atoms with van der Waals surface area (Å²) in [7, 11) is -2.58. The van der Waals surface area contributed by atoms with Crippen LogP contribution in [0.25, 0.3) is 5.57 Å². The molecular formula is C22H23Cl2FN6O3S. The molecule has 0 saturated carbocycles. The van der Waals surface area contributed by atoms with Gasteiger partial charge < -0.3 is 5.32 Å². The van der Waals surface area contributed by atoms with E-state index in [1.165, 1.54) is 17.8 Å². The molecule has 0 unspecified atom stereocenters. The maximum atomic E-state index is 15.3. The molecule has 0 fully saturated rings. The van der Waals surface area contributed by atoms with Crippen LogP contribution in [0.5, 0.6) is 0 Å². The second-order valence-corrected chi connectivity index (χ2v) is 10.7. The first kappa shape index (κ1) is 25.2. The zero-order chi connectivity index (χ0) is 25.3. The van der Waals surface area contributed by atoms with E-state index >= 15 is 4.39 Å². The molecule has 35 heavy (non-hydrogen) atoms. The van der Waals surface area contributed by atoms with Gasteiger partial charge in [-0.05, 0) is 49.4 Å². The Bertz CT molecular complexity index is 1430. The van der Waals surface area contributed by atoms with Gasteiger partial charge in [0.1, 0.15) is 10.7 Å². The monoisotopic (exact) mass is 540 g/mol. The molecule has 0 bridgehead atoms. The van der Waals surface area contributed by atoms with E-state index in [-0.39, 0.29) is 10.6 Å². The highest BCUT2D eigenvalue weighted by Crippen LogP contribution is 2.34. The van der Waals surface area contributed by atoms with Gasteiger partial charge in [-0.3, -0.25) is 9.36 Å². The highest BCUT2D eigenvalue weighted by atomic mass is 35.5. The van der Waals surface area contributed by atoms with E-state index in [4.69, 9.17) is 23.2 Å². The smallest absolute Gasteiger partial charge is 0.329 e. The van der Waals surface area contributed by atoms with Gasteiger partial charge in [0.2, 0.25) is 0 Å². The topological polar surface area (TPSA) is 111 Å². The molecule has 4 rings (SSSR count). The van der Waals surface area contributed by atoms with Gasteiger partial charge in [0.15, 0.2) is 0 Å². The molecule has 2 N–H and O–H groups in total. The summed E-state index contributed by atoms with van der Waals surface area (Å²) in [6.45, 7) is 1.35. The average molecular weight is 541 g/mol. The summed E-state index contributed by atoms with van der Waals surface area (Å²) in [5.41, 5.74) is 2.97. The van der Waals surface area contributed by atoms with Gasteiger partial charge in [-0.15, -0.1) is 0 Å². The number of carbonyl (C=O) groups excluding carboxylic acids is 1. The van der Waals surface area contributed by atoms with E-state index in [2.05, 4.69) is 15.5 Å². The number of fused-ring (bicyclic) bond motifs is 1. The Kier molecular flexibility index (Phi) is 7.20. The number of carbonyl (C=O) groups is 1. The van der Waals surface area contributed by atoms with Crippen molar-refractivity contribution in [2.24, 2.45) is 7.05 Å². The Labute approximate surface area is 212 Å². The zero-order valence-electron chi connectivity index (χ0n) is 19.0. The first-order chi connectivity index (χ1) is 16.5. The second kappa shape index (κ2) is 10.00. The number of halogens is 3. The number of aromatic nitrogens is 4. The molecule has 3 aromatic rings. The Morgan fingerprint density at radius 3 is 2.71 bits per heavy atom. The predicted octanol–water partition coefficient (Wildman–Crippen LogP) is 3.99. The molecule has 9 nitrogen and oxygen atoms in total. The number of hydrogen-bond acceptors (Lipinski definition) is 5. The quantitative estimate of drug-likeness (QED) is 0.491. The molecule has 0 atom stereocenters. The lowest BCUT2D eigenvalue weighted by atomic mass is 9.92. The van der Waals surface area contributed by atoms with E-state index in [1.807, 2.05) is 4.72 Å². The van der Waals surface area contributed by atoms with Crippen LogP contribution in [0.3, 0.4) is 0 Å². The fraction of sp³-hybridized carbons (Fsp3) is 0.318. The van der Waals surface area contributed by atoms with E-state index in [1.54, 1.807) is 36.1 Å². The fourth-order valence-electron chi connectivity index (χ4n) is 4.05. The molecule has 1 aliphatic carbocycles. The SMILES string of the molecule is Cc1nn(C)cc1S(=O)(=O)NC(=O)NCC(F)=C1CCCc2cnn(Cc3ccc(Cl)cc3Cl)c21. The highest BCUT2D eigenvalue weighted by molar-refractivity contribution is 7.90.